The maximum absolute atomic E-state index is 12.6. The summed E-state index contributed by atoms with van der Waals surface area (Å²) in [4.78, 5) is 14.2. The van der Waals surface area contributed by atoms with Gasteiger partial charge in [0.25, 0.3) is 0 Å². The van der Waals surface area contributed by atoms with E-state index in [9.17, 15) is 13.2 Å². The Bertz CT molecular complexity index is 674. The summed E-state index contributed by atoms with van der Waals surface area (Å²) in [6, 6.07) is 0.213. The fourth-order valence-corrected chi connectivity index (χ4v) is 4.11. The Balaban J connectivity index is 1.68. The van der Waals surface area contributed by atoms with Crippen LogP contribution in [-0.4, -0.2) is 57.8 Å². The van der Waals surface area contributed by atoms with E-state index in [4.69, 9.17) is 0 Å². The molecule has 23 heavy (non-hydrogen) atoms. The zero-order valence-electron chi connectivity index (χ0n) is 13.6. The Morgan fingerprint density at radius 1 is 1.26 bits per heavy atom. The number of aromatic nitrogens is 4. The Hall–Kier alpha value is -1.51. The lowest BCUT2D eigenvalue weighted by molar-refractivity contribution is -0.131. The minimum absolute atomic E-state index is 0.213. The SMILES string of the molecule is CC1CCN(C(=O)[C@H](C)S(=O)(=O)Cc2nnnn2C2CC2)CC1. The third-order valence-corrected chi connectivity index (χ3v) is 6.71. The van der Waals surface area contributed by atoms with Crippen molar-refractivity contribution in [3.63, 3.8) is 0 Å². The van der Waals surface area contributed by atoms with Crippen LogP contribution in [0, 0.1) is 5.92 Å². The van der Waals surface area contributed by atoms with Crippen molar-refractivity contribution in [1.29, 1.82) is 0 Å². The van der Waals surface area contributed by atoms with Crippen molar-refractivity contribution in [3.8, 4) is 0 Å². The average molecular weight is 341 g/mol. The van der Waals surface area contributed by atoms with Crippen LogP contribution in [0.3, 0.4) is 0 Å². The number of likely N-dealkylation sites (tertiary alicyclic amines) is 1. The highest BCUT2D eigenvalue weighted by atomic mass is 32.2. The molecule has 0 N–H and O–H groups in total. The number of amides is 1. The highest BCUT2D eigenvalue weighted by Gasteiger charge is 2.36. The van der Waals surface area contributed by atoms with Crippen LogP contribution in [0.5, 0.6) is 0 Å². The fourth-order valence-electron chi connectivity index (χ4n) is 2.85. The summed E-state index contributed by atoms with van der Waals surface area (Å²) in [5.74, 6) is 0.337. The molecule has 0 spiro atoms. The molecule has 0 aromatic carbocycles. The van der Waals surface area contributed by atoms with Gasteiger partial charge in [0.15, 0.2) is 15.7 Å². The fraction of sp³-hybridized carbons (Fsp3) is 0.857. The third kappa shape index (κ3) is 3.54. The third-order valence-electron chi connectivity index (χ3n) is 4.77. The van der Waals surface area contributed by atoms with Gasteiger partial charge in [-0.3, -0.25) is 4.79 Å². The summed E-state index contributed by atoms with van der Waals surface area (Å²) in [6.07, 6.45) is 3.80. The molecule has 1 atom stereocenters. The van der Waals surface area contributed by atoms with Gasteiger partial charge in [-0.15, -0.1) is 5.10 Å². The first-order valence-electron chi connectivity index (χ1n) is 8.15. The van der Waals surface area contributed by atoms with Crippen LogP contribution in [-0.2, 0) is 20.4 Å². The maximum atomic E-state index is 12.6. The number of nitrogens with zero attached hydrogens (tertiary/aromatic N) is 5. The van der Waals surface area contributed by atoms with E-state index in [0.717, 1.165) is 25.7 Å². The largest absolute Gasteiger partial charge is 0.342 e. The number of carbonyl (C=O) groups is 1. The summed E-state index contributed by atoms with van der Waals surface area (Å²) < 4.78 is 26.8. The summed E-state index contributed by atoms with van der Waals surface area (Å²) in [5.41, 5.74) is 0. The molecule has 0 unspecified atom stereocenters. The second kappa shape index (κ2) is 6.18. The van der Waals surface area contributed by atoms with E-state index in [1.807, 2.05) is 0 Å². The first kappa shape index (κ1) is 16.4. The molecule has 2 aliphatic rings. The molecule has 9 heteroatoms. The Kier molecular flexibility index (Phi) is 4.39. The van der Waals surface area contributed by atoms with Crippen LogP contribution < -0.4 is 0 Å². The first-order chi connectivity index (χ1) is 10.9. The van der Waals surface area contributed by atoms with Crippen molar-refractivity contribution in [3.05, 3.63) is 5.82 Å². The predicted molar refractivity (Wildman–Crippen MR) is 83.2 cm³/mol. The van der Waals surface area contributed by atoms with Gasteiger partial charge in [-0.2, -0.15) is 0 Å². The smallest absolute Gasteiger partial charge is 0.240 e. The van der Waals surface area contributed by atoms with Crippen LogP contribution in [0.2, 0.25) is 0 Å². The zero-order valence-corrected chi connectivity index (χ0v) is 14.4. The standard InChI is InChI=1S/C14H23N5O3S/c1-10-5-7-18(8-6-10)14(20)11(2)23(21,22)9-13-15-16-17-19(13)12-3-4-12/h10-12H,3-9H2,1-2H3/t11-/m0/s1. The van der Waals surface area contributed by atoms with Gasteiger partial charge in [-0.05, 0) is 49.0 Å². The van der Waals surface area contributed by atoms with Crippen molar-refractivity contribution in [2.45, 2.75) is 56.6 Å². The molecule has 128 valence electrons. The molecule has 1 saturated carbocycles. The van der Waals surface area contributed by atoms with Gasteiger partial charge in [0.2, 0.25) is 5.91 Å². The molecule has 0 radical (unpaired) electrons. The van der Waals surface area contributed by atoms with Gasteiger partial charge < -0.3 is 4.90 Å². The molecule has 8 nitrogen and oxygen atoms in total. The molecule has 1 aromatic heterocycles. The minimum atomic E-state index is -3.63. The second-order valence-corrected chi connectivity index (χ2v) is 9.05. The molecule has 1 aliphatic heterocycles. The molecular weight excluding hydrogens is 318 g/mol. The van der Waals surface area contributed by atoms with E-state index in [1.54, 1.807) is 9.58 Å². The lowest BCUT2D eigenvalue weighted by Crippen LogP contribution is -2.45. The van der Waals surface area contributed by atoms with Gasteiger partial charge >= 0.3 is 0 Å². The van der Waals surface area contributed by atoms with Crippen LogP contribution in [0.25, 0.3) is 0 Å². The topological polar surface area (TPSA) is 98.1 Å². The monoisotopic (exact) mass is 341 g/mol. The molecule has 1 saturated heterocycles. The van der Waals surface area contributed by atoms with Crippen LogP contribution in [0.4, 0.5) is 0 Å². The number of tetrazole rings is 1. The molecule has 1 aliphatic carbocycles. The first-order valence-corrected chi connectivity index (χ1v) is 9.87. The number of rotatable bonds is 5. The number of hydrogen-bond donors (Lipinski definition) is 0. The van der Waals surface area contributed by atoms with Gasteiger partial charge in [0, 0.05) is 13.1 Å². The Morgan fingerprint density at radius 2 is 1.91 bits per heavy atom. The van der Waals surface area contributed by atoms with E-state index >= 15 is 0 Å². The number of carbonyl (C=O) groups excluding carboxylic acids is 1. The normalized spacial score (nSPS) is 21.4. The van der Waals surface area contributed by atoms with E-state index in [0.29, 0.717) is 24.8 Å². The predicted octanol–water partition coefficient (Wildman–Crippen LogP) is 0.570. The lowest BCUT2D eigenvalue weighted by atomic mass is 9.99. The van der Waals surface area contributed by atoms with Gasteiger partial charge in [0.05, 0.1) is 6.04 Å². The summed E-state index contributed by atoms with van der Waals surface area (Å²) in [7, 11) is -3.63. The number of sulfone groups is 1. The maximum Gasteiger partial charge on any atom is 0.240 e. The number of hydrogen-bond acceptors (Lipinski definition) is 6. The van der Waals surface area contributed by atoms with Crippen molar-refractivity contribution in [2.75, 3.05) is 13.1 Å². The van der Waals surface area contributed by atoms with Gasteiger partial charge in [-0.1, -0.05) is 6.92 Å². The molecule has 3 rings (SSSR count). The molecule has 2 fully saturated rings. The summed E-state index contributed by atoms with van der Waals surface area (Å²) in [6.45, 7) is 4.90. The summed E-state index contributed by atoms with van der Waals surface area (Å²) in [5, 5.41) is 10.2. The summed E-state index contributed by atoms with van der Waals surface area (Å²) >= 11 is 0. The van der Waals surface area contributed by atoms with Crippen molar-refractivity contribution in [2.24, 2.45) is 5.92 Å². The van der Waals surface area contributed by atoms with Crippen molar-refractivity contribution >= 4 is 15.7 Å². The van der Waals surface area contributed by atoms with E-state index in [1.165, 1.54) is 6.92 Å². The minimum Gasteiger partial charge on any atom is -0.342 e. The van der Waals surface area contributed by atoms with Crippen molar-refractivity contribution in [1.82, 2.24) is 25.1 Å². The van der Waals surface area contributed by atoms with Crippen LogP contribution in [0.1, 0.15) is 51.4 Å². The van der Waals surface area contributed by atoms with Gasteiger partial charge in [-0.25, -0.2) is 13.1 Å². The number of piperidine rings is 1. The van der Waals surface area contributed by atoms with E-state index < -0.39 is 15.1 Å². The zero-order chi connectivity index (χ0) is 16.6. The van der Waals surface area contributed by atoms with Crippen LogP contribution in [0.15, 0.2) is 0 Å². The molecule has 1 aromatic rings. The van der Waals surface area contributed by atoms with E-state index in [2.05, 4.69) is 22.4 Å². The second-order valence-electron chi connectivity index (χ2n) is 6.73. The molecule has 1 amide bonds. The van der Waals surface area contributed by atoms with Crippen LogP contribution >= 0.6 is 0 Å². The molecule has 0 bridgehead atoms. The van der Waals surface area contributed by atoms with Crippen molar-refractivity contribution < 1.29 is 13.2 Å². The average Bonchev–Trinajstić information content (AvgIpc) is 3.26. The lowest BCUT2D eigenvalue weighted by Gasteiger charge is -2.32. The quantitative estimate of drug-likeness (QED) is 0.776. The molecular formula is C14H23N5O3S. The Morgan fingerprint density at radius 3 is 2.52 bits per heavy atom. The highest BCUT2D eigenvalue weighted by molar-refractivity contribution is 7.92. The van der Waals surface area contributed by atoms with E-state index in [-0.39, 0.29) is 17.7 Å². The van der Waals surface area contributed by atoms with Gasteiger partial charge in [0.1, 0.15) is 11.0 Å². The molecule has 2 heterocycles. The highest BCUT2D eigenvalue weighted by Crippen LogP contribution is 2.34. The Labute approximate surface area is 136 Å².